The largest absolute Gasteiger partial charge is 0.328 e. The van der Waals surface area contributed by atoms with Gasteiger partial charge in [-0.1, -0.05) is 6.92 Å². The third kappa shape index (κ3) is 2.91. The fourth-order valence-corrected chi connectivity index (χ4v) is 1.99. The van der Waals surface area contributed by atoms with Gasteiger partial charge in [0.2, 0.25) is 0 Å². The average Bonchev–Trinajstić information content (AvgIpc) is 2.71. The van der Waals surface area contributed by atoms with Crippen LogP contribution in [-0.2, 0) is 13.1 Å². The van der Waals surface area contributed by atoms with Crippen LogP contribution in [0.2, 0.25) is 0 Å². The number of nitrogens with zero attached hydrogens (tertiary/aromatic N) is 3. The predicted molar refractivity (Wildman–Crippen MR) is 69.2 cm³/mol. The van der Waals surface area contributed by atoms with Gasteiger partial charge in [-0.25, -0.2) is 9.18 Å². The molecule has 0 spiro atoms. The summed E-state index contributed by atoms with van der Waals surface area (Å²) in [6.07, 6.45) is 4.27. The Morgan fingerprint density at radius 1 is 1.26 bits per heavy atom. The highest BCUT2D eigenvalue weighted by Gasteiger charge is 2.05. The number of benzene rings is 1. The molecule has 0 aliphatic carbocycles. The molecular weight excluding hydrogens is 245 g/mol. The van der Waals surface area contributed by atoms with Crippen molar-refractivity contribution in [1.82, 2.24) is 9.13 Å². The van der Waals surface area contributed by atoms with E-state index in [4.69, 9.17) is 5.26 Å². The molecule has 19 heavy (non-hydrogen) atoms. The van der Waals surface area contributed by atoms with Gasteiger partial charge in [0.1, 0.15) is 5.82 Å². The van der Waals surface area contributed by atoms with Crippen LogP contribution < -0.4 is 5.69 Å². The molecule has 0 atom stereocenters. The summed E-state index contributed by atoms with van der Waals surface area (Å²) < 4.78 is 16.4. The highest BCUT2D eigenvalue weighted by atomic mass is 19.1. The maximum Gasteiger partial charge on any atom is 0.328 e. The Bertz CT molecular complexity index is 679. The molecule has 0 aliphatic heterocycles. The molecule has 0 radical (unpaired) electrons. The molecule has 0 unspecified atom stereocenters. The number of hydrogen-bond donors (Lipinski definition) is 0. The zero-order valence-corrected chi connectivity index (χ0v) is 10.6. The van der Waals surface area contributed by atoms with E-state index in [1.165, 1.54) is 16.7 Å². The molecule has 0 bridgehead atoms. The number of halogens is 1. The van der Waals surface area contributed by atoms with Gasteiger partial charge >= 0.3 is 5.69 Å². The molecule has 0 N–H and O–H groups in total. The standard InChI is InChI=1S/C14H14FN3O/c1-2-3-17-4-5-18(14(17)19)10-12-6-11(9-16)7-13(15)8-12/h4-8H,2-3,10H2,1H3. The van der Waals surface area contributed by atoms with Crippen LogP contribution in [0.15, 0.2) is 35.4 Å². The van der Waals surface area contributed by atoms with E-state index >= 15 is 0 Å². The summed E-state index contributed by atoms with van der Waals surface area (Å²) >= 11 is 0. The van der Waals surface area contributed by atoms with Crippen molar-refractivity contribution in [3.63, 3.8) is 0 Å². The minimum Gasteiger partial charge on any atom is -0.299 e. The van der Waals surface area contributed by atoms with E-state index in [-0.39, 0.29) is 17.8 Å². The summed E-state index contributed by atoms with van der Waals surface area (Å²) in [6.45, 7) is 2.93. The fraction of sp³-hybridized carbons (Fsp3) is 0.286. The first-order valence-corrected chi connectivity index (χ1v) is 6.09. The number of aryl methyl sites for hydroxylation is 1. The van der Waals surface area contributed by atoms with Crippen molar-refractivity contribution in [1.29, 1.82) is 5.26 Å². The molecule has 0 amide bonds. The van der Waals surface area contributed by atoms with Crippen LogP contribution in [0, 0.1) is 17.1 Å². The van der Waals surface area contributed by atoms with Crippen LogP contribution in [0.5, 0.6) is 0 Å². The van der Waals surface area contributed by atoms with Crippen molar-refractivity contribution in [3.8, 4) is 6.07 Å². The maximum absolute atomic E-state index is 13.3. The predicted octanol–water partition coefficient (Wildman–Crippen LogP) is 2.12. The molecule has 98 valence electrons. The van der Waals surface area contributed by atoms with Crippen molar-refractivity contribution in [3.05, 3.63) is 58.0 Å². The van der Waals surface area contributed by atoms with Crippen molar-refractivity contribution in [2.45, 2.75) is 26.4 Å². The first kappa shape index (κ1) is 13.1. The Kier molecular flexibility index (Phi) is 3.81. The van der Waals surface area contributed by atoms with E-state index in [1.807, 2.05) is 13.0 Å². The van der Waals surface area contributed by atoms with Crippen molar-refractivity contribution < 1.29 is 4.39 Å². The molecule has 1 aromatic carbocycles. The summed E-state index contributed by atoms with van der Waals surface area (Å²) in [5.41, 5.74) is 0.744. The second kappa shape index (κ2) is 5.53. The summed E-state index contributed by atoms with van der Waals surface area (Å²) in [6, 6.07) is 6.00. The van der Waals surface area contributed by atoms with Crippen molar-refractivity contribution in [2.75, 3.05) is 0 Å². The van der Waals surface area contributed by atoms with Crippen LogP contribution in [0.3, 0.4) is 0 Å². The van der Waals surface area contributed by atoms with Crippen LogP contribution in [-0.4, -0.2) is 9.13 Å². The Morgan fingerprint density at radius 3 is 2.68 bits per heavy atom. The Labute approximate surface area is 110 Å². The molecule has 4 nitrogen and oxygen atoms in total. The second-order valence-electron chi connectivity index (χ2n) is 4.36. The highest BCUT2D eigenvalue weighted by molar-refractivity contribution is 5.33. The molecule has 0 saturated heterocycles. The zero-order valence-electron chi connectivity index (χ0n) is 10.6. The van der Waals surface area contributed by atoms with Gasteiger partial charge in [-0.2, -0.15) is 5.26 Å². The first-order valence-electron chi connectivity index (χ1n) is 6.09. The summed E-state index contributed by atoms with van der Waals surface area (Å²) in [4.78, 5) is 12.0. The fourth-order valence-electron chi connectivity index (χ4n) is 1.99. The van der Waals surface area contributed by atoms with Crippen LogP contribution in [0.25, 0.3) is 0 Å². The topological polar surface area (TPSA) is 50.7 Å². The summed E-state index contributed by atoms with van der Waals surface area (Å²) in [5.74, 6) is -0.463. The lowest BCUT2D eigenvalue weighted by Crippen LogP contribution is -2.24. The van der Waals surface area contributed by atoms with E-state index in [2.05, 4.69) is 0 Å². The third-order valence-corrected chi connectivity index (χ3v) is 2.82. The molecule has 1 aromatic heterocycles. The van der Waals surface area contributed by atoms with Gasteiger partial charge in [-0.05, 0) is 30.2 Å². The Morgan fingerprint density at radius 2 is 2.00 bits per heavy atom. The SMILES string of the molecule is CCCn1ccn(Cc2cc(F)cc(C#N)c2)c1=O. The van der Waals surface area contributed by atoms with Gasteiger partial charge in [-0.3, -0.25) is 9.13 Å². The number of rotatable bonds is 4. The van der Waals surface area contributed by atoms with Gasteiger partial charge in [0.25, 0.3) is 0 Å². The van der Waals surface area contributed by atoms with Crippen LogP contribution in [0.1, 0.15) is 24.5 Å². The lowest BCUT2D eigenvalue weighted by Gasteiger charge is -2.03. The number of imidazole rings is 1. The molecule has 2 aromatic rings. The summed E-state index contributed by atoms with van der Waals surface area (Å²) in [5, 5.41) is 8.79. The summed E-state index contributed by atoms with van der Waals surface area (Å²) in [7, 11) is 0. The zero-order chi connectivity index (χ0) is 13.8. The monoisotopic (exact) mass is 259 g/mol. The molecule has 0 fully saturated rings. The second-order valence-corrected chi connectivity index (χ2v) is 4.36. The van der Waals surface area contributed by atoms with Crippen molar-refractivity contribution in [2.24, 2.45) is 0 Å². The van der Waals surface area contributed by atoms with Gasteiger partial charge in [0.15, 0.2) is 0 Å². The molecule has 5 heteroatoms. The Hall–Kier alpha value is -2.35. The van der Waals surface area contributed by atoms with Gasteiger partial charge < -0.3 is 0 Å². The minimum absolute atomic E-state index is 0.121. The molecule has 2 rings (SSSR count). The molecular formula is C14H14FN3O. The smallest absolute Gasteiger partial charge is 0.299 e. The van der Waals surface area contributed by atoms with E-state index < -0.39 is 5.82 Å². The van der Waals surface area contributed by atoms with Crippen molar-refractivity contribution >= 4 is 0 Å². The van der Waals surface area contributed by atoms with E-state index in [0.717, 1.165) is 6.42 Å². The lowest BCUT2D eigenvalue weighted by molar-refractivity contribution is 0.613. The van der Waals surface area contributed by atoms with E-state index in [1.54, 1.807) is 23.0 Å². The first-order chi connectivity index (χ1) is 9.13. The van der Waals surface area contributed by atoms with E-state index in [0.29, 0.717) is 12.1 Å². The normalized spacial score (nSPS) is 10.4. The van der Waals surface area contributed by atoms with E-state index in [9.17, 15) is 9.18 Å². The number of hydrogen-bond acceptors (Lipinski definition) is 2. The van der Waals surface area contributed by atoms with Crippen LogP contribution >= 0.6 is 0 Å². The van der Waals surface area contributed by atoms with Gasteiger partial charge in [0, 0.05) is 18.9 Å². The molecule has 0 saturated carbocycles. The van der Waals surface area contributed by atoms with Crippen LogP contribution in [0.4, 0.5) is 4.39 Å². The average molecular weight is 259 g/mol. The van der Waals surface area contributed by atoms with Gasteiger partial charge in [0.05, 0.1) is 18.2 Å². The molecule has 0 aliphatic rings. The lowest BCUT2D eigenvalue weighted by atomic mass is 10.1. The number of nitriles is 1. The Balaban J connectivity index is 2.29. The number of aromatic nitrogens is 2. The third-order valence-electron chi connectivity index (χ3n) is 2.82. The van der Waals surface area contributed by atoms with Gasteiger partial charge in [-0.15, -0.1) is 0 Å². The highest BCUT2D eigenvalue weighted by Crippen LogP contribution is 2.09. The maximum atomic E-state index is 13.3. The minimum atomic E-state index is -0.463. The molecule has 1 heterocycles. The quantitative estimate of drug-likeness (QED) is 0.844.